The molecule has 2 bridgehead atoms. The molecule has 0 spiro atoms. The average molecular weight is 297 g/mol. The second-order valence-electron chi connectivity index (χ2n) is 7.00. The summed E-state index contributed by atoms with van der Waals surface area (Å²) in [6, 6.07) is -0.587. The lowest BCUT2D eigenvalue weighted by molar-refractivity contribution is -0.147. The van der Waals surface area contributed by atoms with Crippen LogP contribution in [0.1, 0.15) is 47.0 Å². The van der Waals surface area contributed by atoms with Crippen LogP contribution in [-0.4, -0.2) is 45.5 Å². The zero-order valence-electron chi connectivity index (χ0n) is 13.0. The van der Waals surface area contributed by atoms with Gasteiger partial charge >= 0.3 is 12.1 Å². The lowest BCUT2D eigenvalue weighted by atomic mass is 9.81. The van der Waals surface area contributed by atoms with Crippen molar-refractivity contribution in [1.82, 2.24) is 4.90 Å². The van der Waals surface area contributed by atoms with E-state index in [-0.39, 0.29) is 17.9 Å². The third-order valence-electron chi connectivity index (χ3n) is 4.35. The number of carboxylic acids is 1. The van der Waals surface area contributed by atoms with Crippen LogP contribution in [0.4, 0.5) is 4.79 Å². The molecule has 6 heteroatoms. The van der Waals surface area contributed by atoms with Crippen LogP contribution in [0.5, 0.6) is 0 Å². The van der Waals surface area contributed by atoms with E-state index in [0.29, 0.717) is 19.3 Å². The number of carbonyl (C=O) groups excluding carboxylic acids is 2. The van der Waals surface area contributed by atoms with Crippen molar-refractivity contribution in [3.8, 4) is 0 Å². The number of piperidine rings is 1. The molecule has 1 amide bonds. The molecule has 2 saturated heterocycles. The predicted molar refractivity (Wildman–Crippen MR) is 74.8 cm³/mol. The summed E-state index contributed by atoms with van der Waals surface area (Å²) in [5.74, 6) is -2.09. The first kappa shape index (κ1) is 15.8. The Bertz CT molecular complexity index is 439. The number of rotatable bonds is 2. The summed E-state index contributed by atoms with van der Waals surface area (Å²) in [6.07, 6.45) is 1.09. The van der Waals surface area contributed by atoms with Gasteiger partial charge in [0, 0.05) is 18.0 Å². The van der Waals surface area contributed by atoms with Gasteiger partial charge < -0.3 is 14.7 Å². The molecule has 0 radical (unpaired) electrons. The zero-order valence-corrected chi connectivity index (χ0v) is 13.0. The molecule has 2 aliphatic heterocycles. The van der Waals surface area contributed by atoms with Crippen LogP contribution in [0.3, 0.4) is 0 Å². The fourth-order valence-electron chi connectivity index (χ4n) is 3.53. The number of fused-ring (bicyclic) bond motifs is 2. The summed E-state index contributed by atoms with van der Waals surface area (Å²) in [4.78, 5) is 37.2. The Kier molecular flexibility index (Phi) is 4.00. The van der Waals surface area contributed by atoms with Crippen molar-refractivity contribution < 1.29 is 24.2 Å². The number of ketones is 1. The van der Waals surface area contributed by atoms with Crippen molar-refractivity contribution in [2.75, 3.05) is 0 Å². The predicted octanol–water partition coefficient (Wildman–Crippen LogP) is 2.06. The van der Waals surface area contributed by atoms with E-state index >= 15 is 0 Å². The van der Waals surface area contributed by atoms with Gasteiger partial charge in [0.05, 0.1) is 5.92 Å². The van der Waals surface area contributed by atoms with E-state index in [1.54, 1.807) is 20.8 Å². The van der Waals surface area contributed by atoms with Crippen LogP contribution in [0.25, 0.3) is 0 Å². The summed E-state index contributed by atoms with van der Waals surface area (Å²) >= 11 is 0. The first-order valence-corrected chi connectivity index (χ1v) is 7.36. The van der Waals surface area contributed by atoms with Crippen LogP contribution >= 0.6 is 0 Å². The van der Waals surface area contributed by atoms with Gasteiger partial charge in [0.15, 0.2) is 0 Å². The van der Waals surface area contributed by atoms with Crippen LogP contribution < -0.4 is 0 Å². The molecule has 0 saturated carbocycles. The lowest BCUT2D eigenvalue weighted by Crippen LogP contribution is -2.56. The maximum atomic E-state index is 12.4. The molecule has 4 atom stereocenters. The number of hydrogen-bond donors (Lipinski definition) is 1. The van der Waals surface area contributed by atoms with Crippen LogP contribution in [0, 0.1) is 11.8 Å². The van der Waals surface area contributed by atoms with Crippen molar-refractivity contribution in [3.05, 3.63) is 0 Å². The first-order chi connectivity index (χ1) is 9.61. The molecule has 6 nitrogen and oxygen atoms in total. The third kappa shape index (κ3) is 3.04. The number of hydrogen-bond acceptors (Lipinski definition) is 4. The minimum absolute atomic E-state index is 0.0554. The first-order valence-electron chi connectivity index (χ1n) is 7.36. The number of aliphatic carboxylic acids is 1. The molecule has 0 aromatic carbocycles. The summed E-state index contributed by atoms with van der Waals surface area (Å²) < 4.78 is 5.40. The highest BCUT2D eigenvalue weighted by Crippen LogP contribution is 2.43. The normalized spacial score (nSPS) is 31.9. The molecular formula is C15H23NO5. The fourth-order valence-corrected chi connectivity index (χ4v) is 3.53. The quantitative estimate of drug-likeness (QED) is 0.843. The number of carbonyl (C=O) groups is 3. The second-order valence-corrected chi connectivity index (χ2v) is 7.00. The van der Waals surface area contributed by atoms with Gasteiger partial charge in [-0.2, -0.15) is 0 Å². The van der Waals surface area contributed by atoms with Gasteiger partial charge in [0.2, 0.25) is 0 Å². The van der Waals surface area contributed by atoms with Gasteiger partial charge in [-0.15, -0.1) is 0 Å². The summed E-state index contributed by atoms with van der Waals surface area (Å²) in [6.45, 7) is 6.78. The molecule has 2 aliphatic rings. The van der Waals surface area contributed by atoms with E-state index in [1.807, 2.05) is 0 Å². The largest absolute Gasteiger partial charge is 0.481 e. The Labute approximate surface area is 124 Å². The Morgan fingerprint density at radius 1 is 1.10 bits per heavy atom. The standard InChI is InChI=1S/C15H23NO5/c1-8(17)9-7-10(13(18)19)12-6-5-11(9)16(12)14(20)21-15(2,3)4/h9-12H,5-7H2,1-4H3,(H,18,19)/t9-,10+,11+,12-/m1/s1. The fraction of sp³-hybridized carbons (Fsp3) is 0.800. The van der Waals surface area contributed by atoms with Gasteiger partial charge in [0.1, 0.15) is 11.4 Å². The molecule has 2 rings (SSSR count). The molecule has 2 fully saturated rings. The number of Topliss-reactive ketones (excluding diaryl/α,β-unsaturated/α-hetero) is 1. The van der Waals surface area contributed by atoms with E-state index in [2.05, 4.69) is 0 Å². The SMILES string of the molecule is CC(=O)[C@H]1C[C@H](C(=O)O)[C@H]2CC[C@@H]1N2C(=O)OC(C)(C)C. The van der Waals surface area contributed by atoms with Gasteiger partial charge in [-0.05, 0) is 47.0 Å². The van der Waals surface area contributed by atoms with Crippen molar-refractivity contribution >= 4 is 17.8 Å². The van der Waals surface area contributed by atoms with E-state index in [4.69, 9.17) is 4.74 Å². The second kappa shape index (κ2) is 5.31. The topological polar surface area (TPSA) is 83.9 Å². The highest BCUT2D eigenvalue weighted by Gasteiger charge is 2.53. The highest BCUT2D eigenvalue weighted by molar-refractivity contribution is 5.83. The maximum absolute atomic E-state index is 12.4. The van der Waals surface area contributed by atoms with Crippen LogP contribution in [0.2, 0.25) is 0 Å². The van der Waals surface area contributed by atoms with E-state index in [9.17, 15) is 19.5 Å². The summed E-state index contributed by atoms with van der Waals surface area (Å²) in [5, 5.41) is 9.40. The third-order valence-corrected chi connectivity index (χ3v) is 4.35. The van der Waals surface area contributed by atoms with E-state index < -0.39 is 29.5 Å². The van der Waals surface area contributed by atoms with Gasteiger partial charge in [-0.1, -0.05) is 0 Å². The lowest BCUT2D eigenvalue weighted by Gasteiger charge is -2.42. The van der Waals surface area contributed by atoms with Crippen molar-refractivity contribution in [2.24, 2.45) is 11.8 Å². The minimum atomic E-state index is -0.944. The molecule has 0 aliphatic carbocycles. The molecular weight excluding hydrogens is 274 g/mol. The molecule has 118 valence electrons. The smallest absolute Gasteiger partial charge is 0.410 e. The Balaban J connectivity index is 2.29. The number of nitrogens with zero attached hydrogens (tertiary/aromatic N) is 1. The Morgan fingerprint density at radius 3 is 2.05 bits per heavy atom. The molecule has 1 N–H and O–H groups in total. The molecule has 0 aromatic rings. The zero-order chi connectivity index (χ0) is 15.9. The summed E-state index contributed by atoms with van der Waals surface area (Å²) in [7, 11) is 0. The number of carboxylic acid groups (broad SMARTS) is 1. The average Bonchev–Trinajstić information content (AvgIpc) is 2.62. The number of amides is 1. The molecule has 0 unspecified atom stereocenters. The van der Waals surface area contributed by atoms with Crippen LogP contribution in [0.15, 0.2) is 0 Å². The maximum Gasteiger partial charge on any atom is 0.410 e. The van der Waals surface area contributed by atoms with Gasteiger partial charge in [0.25, 0.3) is 0 Å². The summed E-state index contributed by atoms with van der Waals surface area (Å²) in [5.41, 5.74) is -0.640. The molecule has 0 aromatic heterocycles. The monoisotopic (exact) mass is 297 g/mol. The van der Waals surface area contributed by atoms with Gasteiger partial charge in [-0.25, -0.2) is 4.79 Å². The Hall–Kier alpha value is -1.59. The Morgan fingerprint density at radius 2 is 1.62 bits per heavy atom. The van der Waals surface area contributed by atoms with Crippen LogP contribution in [-0.2, 0) is 14.3 Å². The van der Waals surface area contributed by atoms with E-state index in [1.165, 1.54) is 11.8 Å². The number of ether oxygens (including phenoxy) is 1. The highest BCUT2D eigenvalue weighted by atomic mass is 16.6. The van der Waals surface area contributed by atoms with Gasteiger partial charge in [-0.3, -0.25) is 9.59 Å². The van der Waals surface area contributed by atoms with Crippen molar-refractivity contribution in [2.45, 2.75) is 64.6 Å². The molecule has 2 heterocycles. The minimum Gasteiger partial charge on any atom is -0.481 e. The molecule has 21 heavy (non-hydrogen) atoms. The van der Waals surface area contributed by atoms with E-state index in [0.717, 1.165) is 0 Å². The van der Waals surface area contributed by atoms with Crippen molar-refractivity contribution in [3.63, 3.8) is 0 Å². The van der Waals surface area contributed by atoms with Crippen molar-refractivity contribution in [1.29, 1.82) is 0 Å².